The Hall–Kier alpha value is -2.75. The van der Waals surface area contributed by atoms with E-state index in [0.717, 1.165) is 23.2 Å². The quantitative estimate of drug-likeness (QED) is 0.655. The summed E-state index contributed by atoms with van der Waals surface area (Å²) < 4.78 is 0. The van der Waals surface area contributed by atoms with Gasteiger partial charge in [-0.1, -0.05) is 36.4 Å². The van der Waals surface area contributed by atoms with E-state index in [9.17, 15) is 4.79 Å². The van der Waals surface area contributed by atoms with Crippen LogP contribution in [0.1, 0.15) is 11.1 Å². The molecule has 3 aromatic rings. The predicted molar refractivity (Wildman–Crippen MR) is 94.7 cm³/mol. The molecule has 0 spiro atoms. The lowest BCUT2D eigenvalue weighted by Crippen LogP contribution is -2.31. The van der Waals surface area contributed by atoms with E-state index in [2.05, 4.69) is 27.8 Å². The molecule has 1 amide bonds. The Morgan fingerprint density at radius 2 is 1.87 bits per heavy atom. The number of aryl methyl sites for hydroxylation is 1. The minimum Gasteiger partial charge on any atom is -0.376 e. The summed E-state index contributed by atoms with van der Waals surface area (Å²) in [6, 6.07) is 16.2. The van der Waals surface area contributed by atoms with Gasteiger partial charge in [-0.25, -0.2) is 0 Å². The number of nitrogens with one attached hydrogen (secondary N) is 3. The van der Waals surface area contributed by atoms with Crippen LogP contribution in [0.15, 0.2) is 54.7 Å². The van der Waals surface area contributed by atoms with E-state index in [-0.39, 0.29) is 5.91 Å². The van der Waals surface area contributed by atoms with Gasteiger partial charge in [0.1, 0.15) is 0 Å². The molecule has 0 aliphatic rings. The number of aromatic amines is 1. The van der Waals surface area contributed by atoms with Crippen LogP contribution in [0.25, 0.3) is 10.9 Å². The van der Waals surface area contributed by atoms with E-state index in [4.69, 9.17) is 0 Å². The first-order valence-electron chi connectivity index (χ1n) is 7.85. The molecule has 0 aliphatic carbocycles. The summed E-state index contributed by atoms with van der Waals surface area (Å²) in [7, 11) is 0. The number of fused-ring (bicyclic) bond motifs is 1. The number of hydrogen-bond acceptors (Lipinski definition) is 2. The molecule has 3 N–H and O–H groups in total. The number of amides is 1. The number of anilines is 1. The van der Waals surface area contributed by atoms with Gasteiger partial charge < -0.3 is 15.6 Å². The van der Waals surface area contributed by atoms with Crippen molar-refractivity contribution in [2.24, 2.45) is 0 Å². The van der Waals surface area contributed by atoms with Crippen LogP contribution < -0.4 is 10.6 Å². The van der Waals surface area contributed by atoms with Crippen molar-refractivity contribution in [1.29, 1.82) is 0 Å². The van der Waals surface area contributed by atoms with Crippen LogP contribution in [-0.4, -0.2) is 24.0 Å². The molecule has 0 saturated carbocycles. The maximum absolute atomic E-state index is 11.9. The molecule has 4 heteroatoms. The third-order valence-electron chi connectivity index (χ3n) is 3.98. The second-order valence-electron chi connectivity index (χ2n) is 5.63. The van der Waals surface area contributed by atoms with E-state index >= 15 is 0 Å². The Balaban J connectivity index is 1.47. The molecule has 3 rings (SSSR count). The smallest absolute Gasteiger partial charge is 0.239 e. The van der Waals surface area contributed by atoms with Crippen LogP contribution in [0.4, 0.5) is 5.69 Å². The van der Waals surface area contributed by atoms with Crippen molar-refractivity contribution < 1.29 is 4.79 Å². The van der Waals surface area contributed by atoms with Gasteiger partial charge in [-0.15, -0.1) is 0 Å². The zero-order valence-corrected chi connectivity index (χ0v) is 13.2. The minimum absolute atomic E-state index is 0.00749. The molecule has 23 heavy (non-hydrogen) atoms. The summed E-state index contributed by atoms with van der Waals surface area (Å²) in [5, 5.41) is 7.35. The number of rotatable bonds is 6. The first-order chi connectivity index (χ1) is 11.2. The molecule has 1 heterocycles. The SMILES string of the molecule is Cc1ccccc1NCC(=O)NCCc1c[nH]c2ccccc12. The Bertz CT molecular complexity index is 807. The highest BCUT2D eigenvalue weighted by Gasteiger charge is 2.05. The number of H-pyrrole nitrogens is 1. The fourth-order valence-electron chi connectivity index (χ4n) is 2.68. The van der Waals surface area contributed by atoms with E-state index in [1.165, 1.54) is 10.9 Å². The van der Waals surface area contributed by atoms with Crippen molar-refractivity contribution in [3.63, 3.8) is 0 Å². The molecular formula is C19H21N3O. The van der Waals surface area contributed by atoms with Crippen LogP contribution in [0.3, 0.4) is 0 Å². The third-order valence-corrected chi connectivity index (χ3v) is 3.98. The first-order valence-corrected chi connectivity index (χ1v) is 7.85. The summed E-state index contributed by atoms with van der Waals surface area (Å²) in [5.41, 5.74) is 4.50. The highest BCUT2D eigenvalue weighted by atomic mass is 16.1. The van der Waals surface area contributed by atoms with Crippen molar-refractivity contribution in [3.05, 3.63) is 65.9 Å². The Morgan fingerprint density at radius 1 is 1.09 bits per heavy atom. The molecular weight excluding hydrogens is 286 g/mol. The van der Waals surface area contributed by atoms with Gasteiger partial charge in [0.05, 0.1) is 6.54 Å². The molecule has 4 nitrogen and oxygen atoms in total. The average Bonchev–Trinajstić information content (AvgIpc) is 2.98. The number of aromatic nitrogens is 1. The monoisotopic (exact) mass is 307 g/mol. The topological polar surface area (TPSA) is 56.9 Å². The zero-order valence-electron chi connectivity index (χ0n) is 13.2. The van der Waals surface area contributed by atoms with Gasteiger partial charge in [0.25, 0.3) is 0 Å². The molecule has 0 fully saturated rings. The normalized spacial score (nSPS) is 10.7. The van der Waals surface area contributed by atoms with Crippen LogP contribution in [0.2, 0.25) is 0 Å². The van der Waals surface area contributed by atoms with Crippen LogP contribution in [-0.2, 0) is 11.2 Å². The van der Waals surface area contributed by atoms with Gasteiger partial charge in [-0.2, -0.15) is 0 Å². The zero-order chi connectivity index (χ0) is 16.1. The molecule has 118 valence electrons. The number of hydrogen-bond donors (Lipinski definition) is 3. The molecule has 1 aromatic heterocycles. The summed E-state index contributed by atoms with van der Waals surface area (Å²) in [6.45, 7) is 2.95. The van der Waals surface area contributed by atoms with Crippen molar-refractivity contribution in [2.45, 2.75) is 13.3 Å². The fraction of sp³-hybridized carbons (Fsp3) is 0.211. The van der Waals surface area contributed by atoms with Gasteiger partial charge in [0, 0.05) is 29.3 Å². The Morgan fingerprint density at radius 3 is 2.74 bits per heavy atom. The lowest BCUT2D eigenvalue weighted by atomic mass is 10.1. The van der Waals surface area contributed by atoms with E-state index in [0.29, 0.717) is 13.1 Å². The van der Waals surface area contributed by atoms with Gasteiger partial charge >= 0.3 is 0 Å². The maximum Gasteiger partial charge on any atom is 0.239 e. The Kier molecular flexibility index (Phi) is 4.62. The third kappa shape index (κ3) is 3.72. The van der Waals surface area contributed by atoms with Crippen molar-refractivity contribution in [2.75, 3.05) is 18.4 Å². The van der Waals surface area contributed by atoms with Crippen LogP contribution >= 0.6 is 0 Å². The van der Waals surface area contributed by atoms with E-state index in [1.807, 2.05) is 49.5 Å². The second-order valence-corrected chi connectivity index (χ2v) is 5.63. The van der Waals surface area contributed by atoms with Gasteiger partial charge in [-0.3, -0.25) is 4.79 Å². The number of para-hydroxylation sites is 2. The number of benzene rings is 2. The largest absolute Gasteiger partial charge is 0.376 e. The molecule has 0 atom stereocenters. The van der Waals surface area contributed by atoms with Crippen LogP contribution in [0.5, 0.6) is 0 Å². The first kappa shape index (κ1) is 15.2. The van der Waals surface area contributed by atoms with Crippen molar-refractivity contribution >= 4 is 22.5 Å². The number of carbonyl (C=O) groups is 1. The number of carbonyl (C=O) groups excluding carboxylic acids is 1. The van der Waals surface area contributed by atoms with Crippen molar-refractivity contribution in [3.8, 4) is 0 Å². The molecule has 2 aromatic carbocycles. The minimum atomic E-state index is 0.00749. The fourth-order valence-corrected chi connectivity index (χ4v) is 2.68. The summed E-state index contributed by atoms with van der Waals surface area (Å²) in [5.74, 6) is 0.00749. The summed E-state index contributed by atoms with van der Waals surface area (Å²) >= 11 is 0. The van der Waals surface area contributed by atoms with E-state index < -0.39 is 0 Å². The molecule has 0 unspecified atom stereocenters. The molecule has 0 saturated heterocycles. The van der Waals surface area contributed by atoms with E-state index in [1.54, 1.807) is 0 Å². The maximum atomic E-state index is 11.9. The standard InChI is InChI=1S/C19H21N3O/c1-14-6-2-4-8-17(14)22-13-19(23)20-11-10-15-12-21-18-9-5-3-7-16(15)18/h2-9,12,21-22H,10-11,13H2,1H3,(H,20,23). The highest BCUT2D eigenvalue weighted by molar-refractivity contribution is 5.83. The molecule has 0 radical (unpaired) electrons. The van der Waals surface area contributed by atoms with Gasteiger partial charge in [0.15, 0.2) is 0 Å². The predicted octanol–water partition coefficient (Wildman–Crippen LogP) is 3.25. The van der Waals surface area contributed by atoms with Gasteiger partial charge in [0.2, 0.25) is 5.91 Å². The van der Waals surface area contributed by atoms with Crippen LogP contribution in [0, 0.1) is 6.92 Å². The second kappa shape index (κ2) is 7.01. The summed E-state index contributed by atoms with van der Waals surface area (Å²) in [4.78, 5) is 15.2. The average molecular weight is 307 g/mol. The molecule has 0 aliphatic heterocycles. The lowest BCUT2D eigenvalue weighted by Gasteiger charge is -2.09. The summed E-state index contributed by atoms with van der Waals surface area (Å²) in [6.07, 6.45) is 2.84. The highest BCUT2D eigenvalue weighted by Crippen LogP contribution is 2.17. The van der Waals surface area contributed by atoms with Gasteiger partial charge in [-0.05, 0) is 36.6 Å². The lowest BCUT2D eigenvalue weighted by molar-refractivity contribution is -0.119. The Labute approximate surface area is 135 Å². The van der Waals surface area contributed by atoms with Crippen molar-refractivity contribution in [1.82, 2.24) is 10.3 Å². The molecule has 0 bridgehead atoms.